The van der Waals surface area contributed by atoms with E-state index in [0.717, 1.165) is 4.90 Å². The van der Waals surface area contributed by atoms with Gasteiger partial charge in [-0.15, -0.1) is 0 Å². The molecule has 0 aliphatic carbocycles. The molecule has 0 radical (unpaired) electrons. The number of halogens is 1. The zero-order valence-electron chi connectivity index (χ0n) is 12.1. The highest BCUT2D eigenvalue weighted by molar-refractivity contribution is 6.65. The highest BCUT2D eigenvalue weighted by Crippen LogP contribution is 2.19. The maximum atomic E-state index is 12.3. The topological polar surface area (TPSA) is 85.1 Å². The first-order valence-electron chi connectivity index (χ1n) is 6.52. The number of carbonyl (C=O) groups excluding carboxylic acids is 3. The van der Waals surface area contributed by atoms with Crippen molar-refractivity contribution in [1.82, 2.24) is 15.1 Å². The molecule has 9 heteroatoms. The molecule has 0 aromatic rings. The Bertz CT molecular complexity index is 571. The first-order valence-corrected chi connectivity index (χ1v) is 6.89. The van der Waals surface area contributed by atoms with Gasteiger partial charge in [0.2, 0.25) is 5.91 Å². The number of amidine groups is 2. The number of fused-ring (bicyclic) bond motifs is 1. The van der Waals surface area contributed by atoms with Crippen molar-refractivity contribution in [3.63, 3.8) is 0 Å². The number of aliphatic imine (C=N–C) groups is 1. The van der Waals surface area contributed by atoms with Crippen LogP contribution >= 0.6 is 11.6 Å². The van der Waals surface area contributed by atoms with Crippen LogP contribution in [0.3, 0.4) is 0 Å². The normalized spacial score (nSPS) is 21.7. The molecule has 2 rings (SSSR count). The molecule has 2 aliphatic heterocycles. The Morgan fingerprint density at radius 2 is 2.05 bits per heavy atom. The number of hydrogen-bond donors (Lipinski definition) is 1. The van der Waals surface area contributed by atoms with Crippen molar-refractivity contribution in [3.05, 3.63) is 0 Å². The fraction of sp³-hybridized carbons (Fsp3) is 0.583. The molecule has 21 heavy (non-hydrogen) atoms. The summed E-state index contributed by atoms with van der Waals surface area (Å²) in [7, 11) is 2.99. The summed E-state index contributed by atoms with van der Waals surface area (Å²) >= 11 is 6.08. The summed E-state index contributed by atoms with van der Waals surface area (Å²) in [5.41, 5.74) is 0. The lowest BCUT2D eigenvalue weighted by Gasteiger charge is -2.30. The molecular formula is C12H17ClN5O3+. The molecule has 1 fully saturated rings. The number of likely N-dealkylation sites (N-methyl/N-ethyl adjacent to an activating group) is 2. The van der Waals surface area contributed by atoms with Crippen LogP contribution in [0.5, 0.6) is 0 Å². The predicted molar refractivity (Wildman–Crippen MR) is 76.4 cm³/mol. The van der Waals surface area contributed by atoms with Crippen LogP contribution in [0.4, 0.5) is 4.79 Å². The molecule has 1 unspecified atom stereocenters. The predicted octanol–water partition coefficient (Wildman–Crippen LogP) is -0.576. The molecule has 8 nitrogen and oxygen atoms in total. The highest BCUT2D eigenvalue weighted by Gasteiger charge is 2.52. The molecule has 4 amide bonds. The molecule has 114 valence electrons. The third-order valence-corrected chi connectivity index (χ3v) is 3.73. The third kappa shape index (κ3) is 2.76. The third-order valence-electron chi connectivity index (χ3n) is 3.43. The molecule has 2 heterocycles. The van der Waals surface area contributed by atoms with Crippen molar-refractivity contribution in [3.8, 4) is 0 Å². The largest absolute Gasteiger partial charge is 0.394 e. The van der Waals surface area contributed by atoms with Gasteiger partial charge in [-0.25, -0.2) is 9.37 Å². The number of hydrogen-bond acceptors (Lipinski definition) is 4. The van der Waals surface area contributed by atoms with Gasteiger partial charge >= 0.3 is 11.3 Å². The van der Waals surface area contributed by atoms with Gasteiger partial charge in [0.1, 0.15) is 0 Å². The van der Waals surface area contributed by atoms with E-state index in [-0.39, 0.29) is 17.1 Å². The average molecular weight is 315 g/mol. The van der Waals surface area contributed by atoms with Gasteiger partial charge in [0, 0.05) is 45.6 Å². The number of imide groups is 1. The van der Waals surface area contributed by atoms with Gasteiger partial charge in [-0.05, 0) is 4.99 Å². The smallest absolute Gasteiger partial charge is 0.356 e. The fourth-order valence-electron chi connectivity index (χ4n) is 2.30. The zero-order chi connectivity index (χ0) is 15.7. The molecule has 0 aromatic carbocycles. The molecule has 0 spiro atoms. The van der Waals surface area contributed by atoms with E-state index in [0.29, 0.717) is 25.3 Å². The fourth-order valence-corrected chi connectivity index (χ4v) is 2.57. The summed E-state index contributed by atoms with van der Waals surface area (Å²) in [5.74, 6) is -0.123. The number of urea groups is 1. The van der Waals surface area contributed by atoms with Crippen molar-refractivity contribution in [2.45, 2.75) is 19.4 Å². The molecule has 1 saturated heterocycles. The van der Waals surface area contributed by atoms with Gasteiger partial charge in [-0.1, -0.05) is 0 Å². The monoisotopic (exact) mass is 314 g/mol. The van der Waals surface area contributed by atoms with Crippen molar-refractivity contribution < 1.29 is 19.0 Å². The summed E-state index contributed by atoms with van der Waals surface area (Å²) in [4.78, 5) is 41.4. The van der Waals surface area contributed by atoms with Crippen LogP contribution < -0.4 is 5.32 Å². The minimum atomic E-state index is -0.678. The Morgan fingerprint density at radius 1 is 1.38 bits per heavy atom. The van der Waals surface area contributed by atoms with Gasteiger partial charge in [-0.3, -0.25) is 19.4 Å². The second-order valence-electron chi connectivity index (χ2n) is 4.91. The van der Waals surface area contributed by atoms with E-state index in [1.54, 1.807) is 11.6 Å². The minimum absolute atomic E-state index is 0.109. The Balaban J connectivity index is 2.11. The maximum Gasteiger partial charge on any atom is 0.394 e. The van der Waals surface area contributed by atoms with Gasteiger partial charge in [0.15, 0.2) is 0 Å². The first-order chi connectivity index (χ1) is 9.84. The van der Waals surface area contributed by atoms with Gasteiger partial charge in [0.05, 0.1) is 6.54 Å². The maximum absolute atomic E-state index is 12.3. The van der Waals surface area contributed by atoms with Crippen molar-refractivity contribution in [2.75, 3.05) is 27.2 Å². The highest BCUT2D eigenvalue weighted by atomic mass is 35.5. The summed E-state index contributed by atoms with van der Waals surface area (Å²) in [5, 5.41) is 2.86. The van der Waals surface area contributed by atoms with Gasteiger partial charge < -0.3 is 5.32 Å². The SMILES string of the molecule is CC(=O)NCCC[N+]1=C(Cl)N=C2C1C(=O)N(C)C(=O)N2C. The minimum Gasteiger partial charge on any atom is -0.356 e. The Labute approximate surface area is 127 Å². The lowest BCUT2D eigenvalue weighted by Crippen LogP contribution is -2.61. The van der Waals surface area contributed by atoms with E-state index < -0.39 is 12.1 Å². The Hall–Kier alpha value is -1.96. The Morgan fingerprint density at radius 3 is 2.67 bits per heavy atom. The van der Waals surface area contributed by atoms with Crippen LogP contribution in [0.25, 0.3) is 0 Å². The van der Waals surface area contributed by atoms with Crippen LogP contribution in [0.1, 0.15) is 13.3 Å². The first kappa shape index (κ1) is 15.4. The summed E-state index contributed by atoms with van der Waals surface area (Å²) in [6.07, 6.45) is 0.615. The summed E-state index contributed by atoms with van der Waals surface area (Å²) < 4.78 is 1.64. The standard InChI is InChI=1S/C12H16ClN5O3/c1-7(19)14-5-4-6-18-8-9(15-11(18)13)16(2)12(21)17(3)10(8)20/h8H,4-6H2,1-3H3/p+1. The van der Waals surface area contributed by atoms with Crippen LogP contribution in [0.15, 0.2) is 4.99 Å². The number of carbonyl (C=O) groups is 3. The number of nitrogens with one attached hydrogen (secondary N) is 1. The molecule has 1 atom stereocenters. The van der Waals surface area contributed by atoms with E-state index in [1.165, 1.54) is 18.9 Å². The van der Waals surface area contributed by atoms with Crippen molar-refractivity contribution >= 4 is 40.6 Å². The van der Waals surface area contributed by atoms with Crippen molar-refractivity contribution in [1.29, 1.82) is 0 Å². The van der Waals surface area contributed by atoms with Crippen LogP contribution in [-0.2, 0) is 9.59 Å². The Kier molecular flexibility index (Phi) is 4.26. The van der Waals surface area contributed by atoms with E-state index in [4.69, 9.17) is 11.6 Å². The van der Waals surface area contributed by atoms with E-state index in [1.807, 2.05) is 0 Å². The van der Waals surface area contributed by atoms with E-state index in [2.05, 4.69) is 10.3 Å². The molecule has 0 aromatic heterocycles. The van der Waals surface area contributed by atoms with Crippen molar-refractivity contribution in [2.24, 2.45) is 4.99 Å². The van der Waals surface area contributed by atoms with E-state index >= 15 is 0 Å². The number of nitrogens with zero attached hydrogens (tertiary/aromatic N) is 4. The van der Waals surface area contributed by atoms with Gasteiger partial charge in [0.25, 0.3) is 17.8 Å². The second-order valence-corrected chi connectivity index (χ2v) is 5.25. The van der Waals surface area contributed by atoms with Crippen LogP contribution in [-0.4, -0.2) is 76.6 Å². The molecule has 0 saturated carbocycles. The summed E-state index contributed by atoms with van der Waals surface area (Å²) in [6.45, 7) is 2.38. The average Bonchev–Trinajstić information content (AvgIpc) is 2.76. The number of amides is 4. The van der Waals surface area contributed by atoms with Crippen LogP contribution in [0, 0.1) is 0 Å². The quantitative estimate of drug-likeness (QED) is 0.428. The second kappa shape index (κ2) is 5.80. The van der Waals surface area contributed by atoms with Crippen LogP contribution in [0.2, 0.25) is 0 Å². The lowest BCUT2D eigenvalue weighted by atomic mass is 10.1. The molecule has 0 bridgehead atoms. The molecular weight excluding hydrogens is 298 g/mol. The zero-order valence-corrected chi connectivity index (χ0v) is 12.8. The lowest BCUT2D eigenvalue weighted by molar-refractivity contribution is -0.533. The van der Waals surface area contributed by atoms with E-state index in [9.17, 15) is 14.4 Å². The molecule has 2 aliphatic rings. The van der Waals surface area contributed by atoms with Gasteiger partial charge in [-0.2, -0.15) is 0 Å². The molecule has 1 N–H and O–H groups in total. The summed E-state index contributed by atoms with van der Waals surface area (Å²) in [6, 6.07) is -1.11. The number of rotatable bonds is 4.